The van der Waals surface area contributed by atoms with E-state index in [0.717, 1.165) is 23.5 Å². The van der Waals surface area contributed by atoms with Crippen LogP contribution in [0.25, 0.3) is 11.0 Å². The second kappa shape index (κ2) is 4.65. The predicted molar refractivity (Wildman–Crippen MR) is 72.1 cm³/mol. The molecule has 2 heterocycles. The molecule has 4 nitrogen and oxygen atoms in total. The van der Waals surface area contributed by atoms with Crippen molar-refractivity contribution in [1.29, 1.82) is 0 Å². The number of carbonyl (C=O) groups is 1. The van der Waals surface area contributed by atoms with Crippen molar-refractivity contribution in [1.82, 2.24) is 9.97 Å². The Balaban J connectivity index is 2.04. The predicted octanol–water partition coefficient (Wildman–Crippen LogP) is 3.22. The van der Waals surface area contributed by atoms with Crippen LogP contribution < -0.4 is 0 Å². The molecule has 1 aliphatic heterocycles. The minimum absolute atomic E-state index is 0.274. The summed E-state index contributed by atoms with van der Waals surface area (Å²) < 4.78 is 0. The van der Waals surface area contributed by atoms with Gasteiger partial charge in [0.15, 0.2) is 0 Å². The summed E-state index contributed by atoms with van der Waals surface area (Å²) in [5, 5.41) is 9.53. The third-order valence-electron chi connectivity index (χ3n) is 3.25. The molecule has 94 valence electrons. The summed E-state index contributed by atoms with van der Waals surface area (Å²) in [4.78, 5) is 18.9. The van der Waals surface area contributed by atoms with Gasteiger partial charge in [0, 0.05) is 0 Å². The fraction of sp³-hybridized carbons (Fsp3) is 0.385. The number of rotatable bonds is 2. The van der Waals surface area contributed by atoms with Gasteiger partial charge < -0.3 is 10.1 Å². The zero-order valence-electron chi connectivity index (χ0n) is 9.85. The molecule has 0 radical (unpaired) electrons. The van der Waals surface area contributed by atoms with E-state index in [-0.39, 0.29) is 5.56 Å². The van der Waals surface area contributed by atoms with E-state index in [1.165, 1.54) is 12.8 Å². The molecule has 3 rings (SSSR count). The van der Waals surface area contributed by atoms with Crippen LogP contribution in [0.2, 0.25) is 0 Å². The number of aromatic nitrogens is 2. The highest BCUT2D eigenvalue weighted by molar-refractivity contribution is 7.99. The van der Waals surface area contributed by atoms with Crippen LogP contribution in [-0.4, -0.2) is 26.8 Å². The number of nitrogens with zero attached hydrogens (tertiary/aromatic N) is 1. The first-order chi connectivity index (χ1) is 8.75. The monoisotopic (exact) mass is 262 g/mol. The first-order valence-corrected chi connectivity index (χ1v) is 7.14. The number of carboxylic acid groups (broad SMARTS) is 1. The van der Waals surface area contributed by atoms with Crippen LogP contribution in [0, 0.1) is 0 Å². The van der Waals surface area contributed by atoms with Gasteiger partial charge in [-0.25, -0.2) is 9.78 Å². The Morgan fingerprint density at radius 2 is 2.33 bits per heavy atom. The van der Waals surface area contributed by atoms with Gasteiger partial charge in [-0.05, 0) is 30.7 Å². The van der Waals surface area contributed by atoms with Crippen LogP contribution in [0.1, 0.15) is 40.7 Å². The van der Waals surface area contributed by atoms with Gasteiger partial charge >= 0.3 is 5.97 Å². The third kappa shape index (κ3) is 1.99. The van der Waals surface area contributed by atoms with Gasteiger partial charge in [0.1, 0.15) is 11.3 Å². The molecule has 1 aromatic heterocycles. The highest BCUT2D eigenvalue weighted by Gasteiger charge is 2.21. The second-order valence-electron chi connectivity index (χ2n) is 4.48. The molecule has 0 aliphatic carbocycles. The number of aromatic carboxylic acids is 1. The van der Waals surface area contributed by atoms with Crippen molar-refractivity contribution in [3.8, 4) is 0 Å². The van der Waals surface area contributed by atoms with E-state index in [1.54, 1.807) is 12.1 Å². The molecule has 0 bridgehead atoms. The molecular formula is C13H14N2O2S. The number of hydrogen-bond acceptors (Lipinski definition) is 3. The Labute approximate surface area is 109 Å². The lowest BCUT2D eigenvalue weighted by Crippen LogP contribution is -2.03. The Morgan fingerprint density at radius 1 is 1.44 bits per heavy atom. The first-order valence-electron chi connectivity index (χ1n) is 6.09. The summed E-state index contributed by atoms with van der Waals surface area (Å²) >= 11 is 1.90. The summed E-state index contributed by atoms with van der Waals surface area (Å²) in [6.07, 6.45) is 3.61. The topological polar surface area (TPSA) is 66.0 Å². The highest BCUT2D eigenvalue weighted by Crippen LogP contribution is 2.37. The Morgan fingerprint density at radius 3 is 3.06 bits per heavy atom. The molecule has 0 amide bonds. The van der Waals surface area contributed by atoms with Crippen LogP contribution >= 0.6 is 11.8 Å². The first kappa shape index (κ1) is 11.6. The van der Waals surface area contributed by atoms with Crippen molar-refractivity contribution in [3.05, 3.63) is 29.6 Å². The SMILES string of the molecule is O=C(O)c1cccc2[nH]c(C3CCCCS3)nc12. The third-order valence-corrected chi connectivity index (χ3v) is 4.63. The van der Waals surface area contributed by atoms with Gasteiger partial charge in [0.2, 0.25) is 0 Å². The largest absolute Gasteiger partial charge is 0.478 e. The van der Waals surface area contributed by atoms with Gasteiger partial charge in [-0.15, -0.1) is 0 Å². The fourth-order valence-electron chi connectivity index (χ4n) is 2.33. The van der Waals surface area contributed by atoms with Crippen LogP contribution in [0.4, 0.5) is 0 Å². The van der Waals surface area contributed by atoms with E-state index < -0.39 is 5.97 Å². The highest BCUT2D eigenvalue weighted by atomic mass is 32.2. The maximum atomic E-state index is 11.1. The molecule has 1 fully saturated rings. The lowest BCUT2D eigenvalue weighted by Gasteiger charge is -2.18. The molecule has 2 N–H and O–H groups in total. The van der Waals surface area contributed by atoms with E-state index in [4.69, 9.17) is 5.11 Å². The van der Waals surface area contributed by atoms with E-state index in [9.17, 15) is 4.79 Å². The molecule has 0 saturated carbocycles. The van der Waals surface area contributed by atoms with Crippen LogP contribution in [0.15, 0.2) is 18.2 Å². The average Bonchev–Trinajstić information content (AvgIpc) is 2.83. The maximum Gasteiger partial charge on any atom is 0.337 e. The molecule has 1 unspecified atom stereocenters. The number of aromatic amines is 1. The Kier molecular flexibility index (Phi) is 2.99. The van der Waals surface area contributed by atoms with Gasteiger partial charge in [-0.2, -0.15) is 11.8 Å². The van der Waals surface area contributed by atoms with Crippen LogP contribution in [-0.2, 0) is 0 Å². The second-order valence-corrected chi connectivity index (χ2v) is 5.79. The average molecular weight is 262 g/mol. The number of benzene rings is 1. The van der Waals surface area contributed by atoms with Crippen molar-refractivity contribution in [2.24, 2.45) is 0 Å². The quantitative estimate of drug-likeness (QED) is 0.872. The Bertz CT molecular complexity index is 588. The van der Waals surface area contributed by atoms with E-state index in [1.807, 2.05) is 17.8 Å². The zero-order valence-corrected chi connectivity index (χ0v) is 10.7. The summed E-state index contributed by atoms with van der Waals surface area (Å²) in [6, 6.07) is 5.23. The molecular weight excluding hydrogens is 248 g/mol. The van der Waals surface area contributed by atoms with Crippen LogP contribution in [0.3, 0.4) is 0 Å². The summed E-state index contributed by atoms with van der Waals surface area (Å²) in [7, 11) is 0. The molecule has 5 heteroatoms. The van der Waals surface area contributed by atoms with E-state index >= 15 is 0 Å². The number of para-hydroxylation sites is 1. The number of fused-ring (bicyclic) bond motifs is 1. The molecule has 18 heavy (non-hydrogen) atoms. The van der Waals surface area contributed by atoms with Crippen molar-refractivity contribution >= 4 is 28.8 Å². The number of thioether (sulfide) groups is 1. The van der Waals surface area contributed by atoms with E-state index in [0.29, 0.717) is 10.8 Å². The van der Waals surface area contributed by atoms with Crippen molar-refractivity contribution in [3.63, 3.8) is 0 Å². The van der Waals surface area contributed by atoms with Gasteiger partial charge in [0.05, 0.1) is 16.3 Å². The normalized spacial score (nSPS) is 20.1. The number of imidazole rings is 1. The van der Waals surface area contributed by atoms with Gasteiger partial charge in [0.25, 0.3) is 0 Å². The number of H-pyrrole nitrogens is 1. The fourth-order valence-corrected chi connectivity index (χ4v) is 3.59. The maximum absolute atomic E-state index is 11.1. The molecule has 2 aromatic rings. The van der Waals surface area contributed by atoms with Gasteiger partial charge in [-0.1, -0.05) is 12.5 Å². The van der Waals surface area contributed by atoms with Crippen molar-refractivity contribution < 1.29 is 9.90 Å². The molecule has 1 aromatic carbocycles. The summed E-state index contributed by atoms with van der Waals surface area (Å²) in [5.41, 5.74) is 1.66. The summed E-state index contributed by atoms with van der Waals surface area (Å²) in [6.45, 7) is 0. The van der Waals surface area contributed by atoms with Crippen LogP contribution in [0.5, 0.6) is 0 Å². The lowest BCUT2D eigenvalue weighted by atomic mass is 10.2. The standard InChI is InChI=1S/C13H14N2O2S/c16-13(17)8-4-3-5-9-11(8)15-12(14-9)10-6-1-2-7-18-10/h3-5,10H,1-2,6-7H2,(H,14,15)(H,16,17). The van der Waals surface area contributed by atoms with Gasteiger partial charge in [-0.3, -0.25) is 0 Å². The molecule has 1 aliphatic rings. The number of nitrogens with one attached hydrogen (secondary N) is 1. The van der Waals surface area contributed by atoms with E-state index in [2.05, 4.69) is 9.97 Å². The minimum atomic E-state index is -0.921. The number of carboxylic acids is 1. The smallest absolute Gasteiger partial charge is 0.337 e. The molecule has 0 spiro atoms. The lowest BCUT2D eigenvalue weighted by molar-refractivity contribution is 0.0699. The summed E-state index contributed by atoms with van der Waals surface area (Å²) in [5.74, 6) is 1.16. The zero-order chi connectivity index (χ0) is 12.5. The number of hydrogen-bond donors (Lipinski definition) is 2. The minimum Gasteiger partial charge on any atom is -0.478 e. The van der Waals surface area contributed by atoms with Crippen molar-refractivity contribution in [2.75, 3.05) is 5.75 Å². The Hall–Kier alpha value is -1.49. The molecule has 1 saturated heterocycles. The molecule has 1 atom stereocenters. The van der Waals surface area contributed by atoms with Crippen molar-refractivity contribution in [2.45, 2.75) is 24.5 Å².